The second-order valence-corrected chi connectivity index (χ2v) is 13.0. The van der Waals surface area contributed by atoms with Gasteiger partial charge in [0.15, 0.2) is 0 Å². The van der Waals surface area contributed by atoms with Gasteiger partial charge in [-0.05, 0) is 86.1 Å². The van der Waals surface area contributed by atoms with Gasteiger partial charge in [-0.3, -0.25) is 19.2 Å². The molecule has 4 atom stereocenters. The van der Waals surface area contributed by atoms with Gasteiger partial charge in [-0.2, -0.15) is 0 Å². The summed E-state index contributed by atoms with van der Waals surface area (Å²) < 4.78 is 0. The number of carbonyl (C=O) groups excluding carboxylic acids is 2. The molecule has 0 aliphatic heterocycles. The van der Waals surface area contributed by atoms with Crippen LogP contribution in [0.2, 0.25) is 0 Å². The Balaban J connectivity index is 0.000000312. The van der Waals surface area contributed by atoms with Crippen molar-refractivity contribution < 1.29 is 39.6 Å². The molecule has 290 valence electrons. The summed E-state index contributed by atoms with van der Waals surface area (Å²) in [7, 11) is 0. The highest BCUT2D eigenvalue weighted by molar-refractivity contribution is 5.93. The van der Waals surface area contributed by atoms with Crippen molar-refractivity contribution >= 4 is 23.8 Å². The lowest BCUT2D eigenvalue weighted by molar-refractivity contribution is -0.143. The van der Waals surface area contributed by atoms with Crippen LogP contribution in [0.1, 0.15) is 94.7 Å². The molecule has 0 aliphatic carbocycles. The number of nitrogens with two attached hydrogens (primary N) is 2. The van der Waals surface area contributed by atoms with Crippen molar-refractivity contribution in [2.24, 2.45) is 11.5 Å². The summed E-state index contributed by atoms with van der Waals surface area (Å²) >= 11 is 0. The van der Waals surface area contributed by atoms with Crippen molar-refractivity contribution in [3.05, 3.63) is 143 Å². The fraction of sp³-hybridized carbons (Fsp3) is 0.333. The van der Waals surface area contributed by atoms with Crippen LogP contribution in [-0.4, -0.2) is 69.4 Å². The van der Waals surface area contributed by atoms with Crippen LogP contribution in [0.15, 0.2) is 109 Å². The zero-order valence-electron chi connectivity index (χ0n) is 30.9. The van der Waals surface area contributed by atoms with Crippen LogP contribution < -0.4 is 22.1 Å². The van der Waals surface area contributed by atoms with Gasteiger partial charge >= 0.3 is 11.9 Å². The van der Waals surface area contributed by atoms with Crippen molar-refractivity contribution in [2.75, 3.05) is 13.1 Å². The molecule has 0 unspecified atom stereocenters. The Kier molecular flexibility index (Phi) is 20.5. The highest BCUT2D eigenvalue weighted by Crippen LogP contribution is 2.14. The van der Waals surface area contributed by atoms with E-state index < -0.39 is 36.0 Å². The van der Waals surface area contributed by atoms with E-state index in [1.165, 1.54) is 11.1 Å². The van der Waals surface area contributed by atoms with Crippen LogP contribution in [0.5, 0.6) is 0 Å². The number of aryl methyl sites for hydroxylation is 2. The number of primary amides is 2. The smallest absolute Gasteiger partial charge is 0.303 e. The van der Waals surface area contributed by atoms with Gasteiger partial charge in [0.25, 0.3) is 0 Å². The first-order valence-corrected chi connectivity index (χ1v) is 17.9. The van der Waals surface area contributed by atoms with E-state index >= 15 is 0 Å². The monoisotopic (exact) mass is 742 g/mol. The van der Waals surface area contributed by atoms with Crippen LogP contribution in [0.3, 0.4) is 0 Å². The first-order chi connectivity index (χ1) is 25.7. The SMILES string of the molecule is C[C@@H](CCc1ccc(C(N)=O)cc1)NC[C@H](O)c1ccccc1.C[C@@H](CCc1ccc(C(N)=O)cc1)NC[C@H](O)c1ccccc1.O=C(O)CCC(=O)O. The minimum atomic E-state index is -1.08. The van der Waals surface area contributed by atoms with Crippen LogP contribution in [0.4, 0.5) is 0 Å². The van der Waals surface area contributed by atoms with E-state index in [1.807, 2.05) is 84.9 Å². The summed E-state index contributed by atoms with van der Waals surface area (Å²) in [5, 5.41) is 42.8. The maximum Gasteiger partial charge on any atom is 0.303 e. The van der Waals surface area contributed by atoms with Crippen LogP contribution in [0, 0.1) is 0 Å². The average molecular weight is 743 g/mol. The predicted octanol–water partition coefficient (Wildman–Crippen LogP) is 4.80. The largest absolute Gasteiger partial charge is 0.481 e. The standard InChI is InChI=1S/2C19H24N2O2.C4H6O4/c2*1-14(21-13-18(22)16-5-3-2-4-6-16)7-8-15-9-11-17(12-10-15)19(20)23;5-3(6)1-2-4(7)8/h2*2-6,9-12,14,18,21-22H,7-8,13H2,1H3,(H2,20,23);1-2H2,(H,5,6)(H,7,8)/t2*14-,18-;/m00./s1. The van der Waals surface area contributed by atoms with Gasteiger partial charge in [0.1, 0.15) is 0 Å². The normalized spacial score (nSPS) is 12.7. The number of aliphatic hydroxyl groups excluding tert-OH is 2. The Hall–Kier alpha value is -5.40. The molecule has 0 saturated carbocycles. The minimum absolute atomic E-state index is 0.296. The second kappa shape index (κ2) is 24.8. The zero-order valence-corrected chi connectivity index (χ0v) is 30.9. The molecular weight excluding hydrogens is 688 g/mol. The van der Waals surface area contributed by atoms with Crippen molar-refractivity contribution in [1.29, 1.82) is 0 Å². The molecule has 0 radical (unpaired) electrons. The maximum absolute atomic E-state index is 11.0. The fourth-order valence-electron chi connectivity index (χ4n) is 5.07. The zero-order chi connectivity index (χ0) is 39.9. The molecule has 4 aromatic carbocycles. The number of carbonyl (C=O) groups is 4. The molecule has 54 heavy (non-hydrogen) atoms. The first-order valence-electron chi connectivity index (χ1n) is 17.9. The predicted molar refractivity (Wildman–Crippen MR) is 209 cm³/mol. The molecular formula is C42H54N4O8. The van der Waals surface area contributed by atoms with Gasteiger partial charge in [-0.1, -0.05) is 84.9 Å². The summed E-state index contributed by atoms with van der Waals surface area (Å²) in [4.78, 5) is 41.3. The number of carboxylic acids is 2. The highest BCUT2D eigenvalue weighted by atomic mass is 16.4. The van der Waals surface area contributed by atoms with Crippen LogP contribution in [0.25, 0.3) is 0 Å². The number of hydrogen-bond acceptors (Lipinski definition) is 8. The average Bonchev–Trinajstić information content (AvgIpc) is 3.18. The third-order valence-electron chi connectivity index (χ3n) is 8.45. The number of amides is 2. The van der Waals surface area contributed by atoms with Gasteiger partial charge in [0.05, 0.1) is 25.0 Å². The Morgan fingerprint density at radius 1 is 0.537 bits per heavy atom. The summed E-state index contributed by atoms with van der Waals surface area (Å²) in [6, 6.07) is 34.7. The summed E-state index contributed by atoms with van der Waals surface area (Å²) in [6.45, 7) is 5.28. The quantitative estimate of drug-likeness (QED) is 0.0655. The lowest BCUT2D eigenvalue weighted by atomic mass is 10.0. The van der Waals surface area contributed by atoms with E-state index in [0.29, 0.717) is 36.3 Å². The van der Waals surface area contributed by atoms with Crippen LogP contribution >= 0.6 is 0 Å². The van der Waals surface area contributed by atoms with Crippen LogP contribution in [-0.2, 0) is 22.4 Å². The molecule has 0 spiro atoms. The first kappa shape index (κ1) is 44.8. The Morgan fingerprint density at radius 2 is 0.852 bits per heavy atom. The lowest BCUT2D eigenvalue weighted by Crippen LogP contribution is -2.30. The van der Waals surface area contributed by atoms with E-state index in [4.69, 9.17) is 21.7 Å². The molecule has 0 heterocycles. The molecule has 0 aromatic heterocycles. The number of nitrogens with one attached hydrogen (secondary N) is 2. The Labute approximate surface area is 317 Å². The lowest BCUT2D eigenvalue weighted by Gasteiger charge is -2.17. The molecule has 0 aliphatic rings. The molecule has 12 heteroatoms. The summed E-state index contributed by atoms with van der Waals surface area (Å²) in [5.74, 6) is -2.96. The van der Waals surface area contributed by atoms with Crippen molar-refractivity contribution in [3.63, 3.8) is 0 Å². The number of benzene rings is 4. The number of aliphatic carboxylic acids is 2. The Morgan fingerprint density at radius 3 is 1.13 bits per heavy atom. The van der Waals surface area contributed by atoms with Gasteiger partial charge in [-0.25, -0.2) is 0 Å². The molecule has 4 aromatic rings. The molecule has 0 bridgehead atoms. The van der Waals surface area contributed by atoms with E-state index in [2.05, 4.69) is 24.5 Å². The van der Waals surface area contributed by atoms with E-state index in [1.54, 1.807) is 24.3 Å². The number of carboxylic acid groups (broad SMARTS) is 2. The molecule has 12 nitrogen and oxygen atoms in total. The number of hydrogen-bond donors (Lipinski definition) is 8. The van der Waals surface area contributed by atoms with Gasteiger partial charge in [0.2, 0.25) is 11.8 Å². The van der Waals surface area contributed by atoms with Crippen molar-refractivity contribution in [1.82, 2.24) is 10.6 Å². The van der Waals surface area contributed by atoms with Gasteiger partial charge in [0, 0.05) is 36.3 Å². The Bertz CT molecular complexity index is 1560. The third kappa shape index (κ3) is 18.9. The minimum Gasteiger partial charge on any atom is -0.481 e. The van der Waals surface area contributed by atoms with E-state index in [9.17, 15) is 29.4 Å². The van der Waals surface area contributed by atoms with Crippen molar-refractivity contribution in [2.45, 2.75) is 76.7 Å². The van der Waals surface area contributed by atoms with Crippen molar-refractivity contribution in [3.8, 4) is 0 Å². The highest BCUT2D eigenvalue weighted by Gasteiger charge is 2.11. The maximum atomic E-state index is 11.0. The molecule has 0 saturated heterocycles. The number of aliphatic hydroxyl groups is 2. The summed E-state index contributed by atoms with van der Waals surface area (Å²) in [5.41, 5.74) is 15.7. The third-order valence-corrected chi connectivity index (χ3v) is 8.45. The molecule has 2 amide bonds. The van der Waals surface area contributed by atoms with E-state index in [-0.39, 0.29) is 12.8 Å². The molecule has 0 fully saturated rings. The summed E-state index contributed by atoms with van der Waals surface area (Å²) in [6.07, 6.45) is 2.16. The second-order valence-electron chi connectivity index (χ2n) is 13.0. The van der Waals surface area contributed by atoms with Gasteiger partial charge < -0.3 is 42.5 Å². The number of rotatable bonds is 19. The van der Waals surface area contributed by atoms with Gasteiger partial charge in [-0.15, -0.1) is 0 Å². The molecule has 4 rings (SSSR count). The fourth-order valence-corrected chi connectivity index (χ4v) is 5.07. The van der Waals surface area contributed by atoms with E-state index in [0.717, 1.165) is 36.8 Å². The topological polar surface area (TPSA) is 225 Å². The molecule has 10 N–H and O–H groups in total.